The molecule has 5 nitrogen and oxygen atoms in total. The Morgan fingerprint density at radius 1 is 1.31 bits per heavy atom. The van der Waals surface area contributed by atoms with Gasteiger partial charge >= 0.3 is 0 Å². The topological polar surface area (TPSA) is 63.6 Å². The van der Waals surface area contributed by atoms with E-state index in [0.717, 1.165) is 16.8 Å². The predicted octanol–water partition coefficient (Wildman–Crippen LogP) is 4.85. The molecular formula is C19H19ClN4OS. The highest BCUT2D eigenvalue weighted by Gasteiger charge is 2.28. The monoisotopic (exact) mass is 386 g/mol. The van der Waals surface area contributed by atoms with Gasteiger partial charge in [0.15, 0.2) is 11.6 Å². The number of carbonyl (C=O) groups is 1. The van der Waals surface area contributed by atoms with E-state index < -0.39 is 0 Å². The van der Waals surface area contributed by atoms with Gasteiger partial charge in [0.2, 0.25) is 5.16 Å². The van der Waals surface area contributed by atoms with Crippen molar-refractivity contribution >= 4 is 29.1 Å². The molecule has 1 aromatic carbocycles. The third-order valence-corrected chi connectivity index (χ3v) is 5.71. The second-order valence-electron chi connectivity index (χ2n) is 6.57. The maximum atomic E-state index is 12.6. The average molecular weight is 387 g/mol. The molecule has 1 fully saturated rings. The summed E-state index contributed by atoms with van der Waals surface area (Å²) in [5.74, 6) is 1.11. The maximum Gasteiger partial charge on any atom is 0.209 e. The van der Waals surface area contributed by atoms with Crippen molar-refractivity contribution in [3.05, 3.63) is 52.3 Å². The number of nitrogens with one attached hydrogen (secondary N) is 1. The van der Waals surface area contributed by atoms with Gasteiger partial charge in [-0.1, -0.05) is 23.4 Å². The second kappa shape index (κ2) is 6.93. The zero-order valence-corrected chi connectivity index (χ0v) is 16.2. The molecule has 1 aliphatic rings. The molecule has 0 saturated heterocycles. The van der Waals surface area contributed by atoms with Gasteiger partial charge in [0.25, 0.3) is 0 Å². The lowest BCUT2D eigenvalue weighted by Crippen LogP contribution is -2.06. The fraction of sp³-hybridized carbons (Fsp3) is 0.316. The van der Waals surface area contributed by atoms with Crippen LogP contribution in [-0.4, -0.2) is 31.3 Å². The third-order valence-electron chi connectivity index (χ3n) is 4.61. The van der Waals surface area contributed by atoms with Crippen LogP contribution in [0.4, 0.5) is 0 Å². The minimum absolute atomic E-state index is 0.118. The molecule has 7 heteroatoms. The average Bonchev–Trinajstić information content (AvgIpc) is 3.26. The SMILES string of the molecule is Cc1cc(C(=O)CSc2n[nH]c(-c3ccc(Cl)cc3)n2)c(C)n1C1CC1. The number of nitrogens with zero attached hydrogens (tertiary/aromatic N) is 3. The molecule has 4 rings (SSSR count). The molecule has 0 amide bonds. The van der Waals surface area contributed by atoms with Gasteiger partial charge in [-0.25, -0.2) is 4.98 Å². The lowest BCUT2D eigenvalue weighted by atomic mass is 10.2. The molecule has 26 heavy (non-hydrogen) atoms. The van der Waals surface area contributed by atoms with Crippen molar-refractivity contribution in [2.75, 3.05) is 5.75 Å². The van der Waals surface area contributed by atoms with Crippen molar-refractivity contribution in [3.8, 4) is 11.4 Å². The number of ketones is 1. The number of aryl methyl sites for hydroxylation is 1. The van der Waals surface area contributed by atoms with E-state index in [4.69, 9.17) is 11.6 Å². The molecule has 0 bridgehead atoms. The van der Waals surface area contributed by atoms with Crippen LogP contribution in [0.15, 0.2) is 35.5 Å². The van der Waals surface area contributed by atoms with E-state index >= 15 is 0 Å². The molecule has 2 aromatic heterocycles. The fourth-order valence-electron chi connectivity index (χ4n) is 3.21. The summed E-state index contributed by atoms with van der Waals surface area (Å²) >= 11 is 7.26. The Bertz CT molecular complexity index is 957. The molecule has 2 heterocycles. The number of thioether (sulfide) groups is 1. The Hall–Kier alpha value is -2.05. The van der Waals surface area contributed by atoms with Crippen LogP contribution in [0.25, 0.3) is 11.4 Å². The van der Waals surface area contributed by atoms with E-state index in [1.54, 1.807) is 0 Å². The van der Waals surface area contributed by atoms with Crippen molar-refractivity contribution in [1.82, 2.24) is 19.7 Å². The first-order chi connectivity index (χ1) is 12.5. The number of benzene rings is 1. The van der Waals surface area contributed by atoms with Crippen LogP contribution in [0.3, 0.4) is 0 Å². The third kappa shape index (κ3) is 3.44. The summed E-state index contributed by atoms with van der Waals surface area (Å²) in [5, 5.41) is 8.36. The number of aromatic amines is 1. The number of halogens is 1. The Labute approximate surface area is 161 Å². The van der Waals surface area contributed by atoms with Crippen LogP contribution in [0.5, 0.6) is 0 Å². The molecule has 0 atom stereocenters. The Morgan fingerprint density at radius 3 is 2.73 bits per heavy atom. The lowest BCUT2D eigenvalue weighted by Gasteiger charge is -2.07. The minimum atomic E-state index is 0.118. The van der Waals surface area contributed by atoms with Crippen LogP contribution >= 0.6 is 23.4 Å². The molecule has 0 aliphatic heterocycles. The van der Waals surface area contributed by atoms with E-state index in [2.05, 4.69) is 26.7 Å². The highest BCUT2D eigenvalue weighted by atomic mass is 35.5. The van der Waals surface area contributed by atoms with E-state index in [1.165, 1.54) is 30.3 Å². The Kier molecular flexibility index (Phi) is 4.63. The Morgan fingerprint density at radius 2 is 2.04 bits per heavy atom. The fourth-order valence-corrected chi connectivity index (χ4v) is 4.02. The van der Waals surface area contributed by atoms with E-state index in [-0.39, 0.29) is 5.78 Å². The van der Waals surface area contributed by atoms with Crippen molar-refractivity contribution in [1.29, 1.82) is 0 Å². The van der Waals surface area contributed by atoms with Crippen LogP contribution in [0.1, 0.15) is 40.6 Å². The molecule has 0 spiro atoms. The van der Waals surface area contributed by atoms with Gasteiger partial charge in [-0.2, -0.15) is 0 Å². The van der Waals surface area contributed by atoms with Gasteiger partial charge in [0.1, 0.15) is 0 Å². The highest BCUT2D eigenvalue weighted by molar-refractivity contribution is 7.99. The molecule has 1 N–H and O–H groups in total. The minimum Gasteiger partial charge on any atom is -0.345 e. The summed E-state index contributed by atoms with van der Waals surface area (Å²) in [6, 6.07) is 9.98. The quantitative estimate of drug-likeness (QED) is 0.485. The van der Waals surface area contributed by atoms with Crippen LogP contribution < -0.4 is 0 Å². The normalized spacial score (nSPS) is 14.0. The molecule has 0 radical (unpaired) electrons. The summed E-state index contributed by atoms with van der Waals surface area (Å²) < 4.78 is 2.29. The van der Waals surface area contributed by atoms with Crippen LogP contribution in [0, 0.1) is 13.8 Å². The molecule has 1 aliphatic carbocycles. The van der Waals surface area contributed by atoms with Crippen LogP contribution in [-0.2, 0) is 0 Å². The second-order valence-corrected chi connectivity index (χ2v) is 7.95. The van der Waals surface area contributed by atoms with Crippen molar-refractivity contribution in [2.24, 2.45) is 0 Å². The standard InChI is InChI=1S/C19H19ClN4OS/c1-11-9-16(12(2)24(11)15-7-8-15)17(25)10-26-19-21-18(22-23-19)13-3-5-14(20)6-4-13/h3-6,9,15H,7-8,10H2,1-2H3,(H,21,22,23). The predicted molar refractivity (Wildman–Crippen MR) is 104 cm³/mol. The van der Waals surface area contributed by atoms with E-state index in [1.807, 2.05) is 37.3 Å². The van der Waals surface area contributed by atoms with E-state index in [0.29, 0.717) is 27.8 Å². The molecule has 0 unspecified atom stereocenters. The van der Waals surface area contributed by atoms with E-state index in [9.17, 15) is 4.79 Å². The summed E-state index contributed by atoms with van der Waals surface area (Å²) in [4.78, 5) is 17.1. The number of H-pyrrole nitrogens is 1. The number of rotatable bonds is 6. The lowest BCUT2D eigenvalue weighted by molar-refractivity contribution is 0.102. The first-order valence-electron chi connectivity index (χ1n) is 8.55. The first-order valence-corrected chi connectivity index (χ1v) is 9.92. The van der Waals surface area contributed by atoms with Gasteiger partial charge in [-0.05, 0) is 57.0 Å². The van der Waals surface area contributed by atoms with Gasteiger partial charge in [-0.3, -0.25) is 9.89 Å². The molecule has 134 valence electrons. The highest BCUT2D eigenvalue weighted by Crippen LogP contribution is 2.38. The van der Waals surface area contributed by atoms with Gasteiger partial charge in [-0.15, -0.1) is 5.10 Å². The number of aromatic nitrogens is 4. The molecular weight excluding hydrogens is 368 g/mol. The first kappa shape index (κ1) is 17.4. The van der Waals surface area contributed by atoms with Crippen molar-refractivity contribution < 1.29 is 4.79 Å². The summed E-state index contributed by atoms with van der Waals surface area (Å²) in [7, 11) is 0. The largest absolute Gasteiger partial charge is 0.345 e. The number of Topliss-reactive ketones (excluding diaryl/α,β-unsaturated/α-hetero) is 1. The van der Waals surface area contributed by atoms with Crippen molar-refractivity contribution in [2.45, 2.75) is 37.9 Å². The zero-order chi connectivity index (χ0) is 18.3. The van der Waals surface area contributed by atoms with Gasteiger partial charge in [0, 0.05) is 33.6 Å². The summed E-state index contributed by atoms with van der Waals surface area (Å²) in [6.45, 7) is 4.11. The number of carbonyl (C=O) groups excluding carboxylic acids is 1. The molecule has 3 aromatic rings. The smallest absolute Gasteiger partial charge is 0.209 e. The number of hydrogen-bond acceptors (Lipinski definition) is 4. The van der Waals surface area contributed by atoms with Gasteiger partial charge in [0.05, 0.1) is 5.75 Å². The summed E-state index contributed by atoms with van der Waals surface area (Å²) in [5.41, 5.74) is 3.97. The van der Waals surface area contributed by atoms with Crippen LogP contribution in [0.2, 0.25) is 5.02 Å². The van der Waals surface area contributed by atoms with Gasteiger partial charge < -0.3 is 4.57 Å². The Balaban J connectivity index is 1.44. The molecule has 1 saturated carbocycles. The summed E-state index contributed by atoms with van der Waals surface area (Å²) in [6.07, 6.45) is 2.42. The zero-order valence-electron chi connectivity index (χ0n) is 14.6. The maximum absolute atomic E-state index is 12.6. The number of hydrogen-bond donors (Lipinski definition) is 1. The van der Waals surface area contributed by atoms with Crippen molar-refractivity contribution in [3.63, 3.8) is 0 Å².